The second kappa shape index (κ2) is 13.9. The fourth-order valence-corrected chi connectivity index (χ4v) is 6.81. The van der Waals surface area contributed by atoms with Crippen molar-refractivity contribution >= 4 is 28.1 Å². The Balaban J connectivity index is 1.01. The Hall–Kier alpha value is -4.07. The van der Waals surface area contributed by atoms with E-state index in [0.29, 0.717) is 13.0 Å². The summed E-state index contributed by atoms with van der Waals surface area (Å²) in [4.78, 5) is 27.1. The number of benzene rings is 3. The molecule has 0 saturated carbocycles. The standard InChI is InChI=1S/C36H38N4O2S/c1-39(25-30-14-8-13-28-15-9-19-37-35(28)30)24-27-10-7-17-33(22-27)42-21-18-32-16-5-6-20-40(32)34(41)23-31-26-43-36(38-31)29-11-3-2-4-12-29/h2-4,7-15,17,19,22,26,32H,5-6,16,18,20-21,23-25H2,1H3. The number of carbonyl (C=O) groups excluding carboxylic acids is 1. The number of hydrogen-bond donors (Lipinski definition) is 0. The predicted octanol–water partition coefficient (Wildman–Crippen LogP) is 7.38. The van der Waals surface area contributed by atoms with Crippen molar-refractivity contribution in [1.82, 2.24) is 19.8 Å². The van der Waals surface area contributed by atoms with Crippen molar-refractivity contribution in [3.63, 3.8) is 0 Å². The summed E-state index contributed by atoms with van der Waals surface area (Å²) in [7, 11) is 2.14. The van der Waals surface area contributed by atoms with Crippen molar-refractivity contribution in [3.05, 3.63) is 113 Å². The zero-order valence-corrected chi connectivity index (χ0v) is 25.5. The minimum absolute atomic E-state index is 0.168. The van der Waals surface area contributed by atoms with Gasteiger partial charge in [0.25, 0.3) is 0 Å². The van der Waals surface area contributed by atoms with Gasteiger partial charge in [-0.1, -0.05) is 66.7 Å². The van der Waals surface area contributed by atoms with Gasteiger partial charge in [-0.25, -0.2) is 4.98 Å². The van der Waals surface area contributed by atoms with E-state index in [4.69, 9.17) is 9.72 Å². The molecule has 1 amide bonds. The van der Waals surface area contributed by atoms with Crippen LogP contribution >= 0.6 is 11.3 Å². The molecule has 0 bridgehead atoms. The smallest absolute Gasteiger partial charge is 0.228 e. The number of likely N-dealkylation sites (tertiary alicyclic amines) is 1. The minimum Gasteiger partial charge on any atom is -0.494 e. The summed E-state index contributed by atoms with van der Waals surface area (Å²) < 4.78 is 6.23. The van der Waals surface area contributed by atoms with E-state index >= 15 is 0 Å². The van der Waals surface area contributed by atoms with Gasteiger partial charge in [-0.2, -0.15) is 0 Å². The lowest BCUT2D eigenvalue weighted by atomic mass is 9.99. The van der Waals surface area contributed by atoms with E-state index in [2.05, 4.69) is 76.4 Å². The highest BCUT2D eigenvalue weighted by Crippen LogP contribution is 2.26. The first-order valence-electron chi connectivity index (χ1n) is 15.1. The van der Waals surface area contributed by atoms with Gasteiger partial charge in [0, 0.05) is 54.6 Å². The van der Waals surface area contributed by atoms with Crippen LogP contribution in [-0.2, 0) is 24.3 Å². The second-order valence-corrected chi connectivity index (χ2v) is 12.2. The number of ether oxygens (including phenoxy) is 1. The van der Waals surface area contributed by atoms with Gasteiger partial charge in [-0.3, -0.25) is 14.7 Å². The van der Waals surface area contributed by atoms with Gasteiger partial charge >= 0.3 is 0 Å². The Kier molecular flexibility index (Phi) is 9.40. The van der Waals surface area contributed by atoms with Crippen LogP contribution in [0.25, 0.3) is 21.5 Å². The van der Waals surface area contributed by atoms with E-state index in [-0.39, 0.29) is 11.9 Å². The number of amides is 1. The van der Waals surface area contributed by atoms with E-state index in [1.165, 1.54) is 16.5 Å². The number of nitrogens with zero attached hydrogens (tertiary/aromatic N) is 4. The summed E-state index contributed by atoms with van der Waals surface area (Å²) in [5, 5.41) is 4.15. The maximum Gasteiger partial charge on any atom is 0.228 e. The summed E-state index contributed by atoms with van der Waals surface area (Å²) in [5.74, 6) is 1.04. The van der Waals surface area contributed by atoms with Gasteiger partial charge < -0.3 is 9.64 Å². The number of rotatable bonds is 11. The van der Waals surface area contributed by atoms with E-state index in [1.54, 1.807) is 11.3 Å². The van der Waals surface area contributed by atoms with Crippen molar-refractivity contribution < 1.29 is 9.53 Å². The molecule has 220 valence electrons. The summed E-state index contributed by atoms with van der Waals surface area (Å²) in [6.07, 6.45) is 6.27. The Labute approximate surface area is 258 Å². The van der Waals surface area contributed by atoms with Crippen LogP contribution in [0.15, 0.2) is 96.5 Å². The van der Waals surface area contributed by atoms with E-state index in [9.17, 15) is 4.79 Å². The number of carbonyl (C=O) groups is 1. The van der Waals surface area contributed by atoms with Gasteiger partial charge in [-0.05, 0) is 55.6 Å². The second-order valence-electron chi connectivity index (χ2n) is 11.4. The molecular formula is C36H38N4O2S. The third kappa shape index (κ3) is 7.48. The van der Waals surface area contributed by atoms with Gasteiger partial charge in [0.15, 0.2) is 0 Å². The maximum atomic E-state index is 13.3. The lowest BCUT2D eigenvalue weighted by Crippen LogP contribution is -2.45. The van der Waals surface area contributed by atoms with E-state index in [1.807, 2.05) is 41.9 Å². The van der Waals surface area contributed by atoms with Crippen LogP contribution in [0.2, 0.25) is 0 Å². The molecule has 1 aliphatic rings. The first-order valence-corrected chi connectivity index (χ1v) is 16.0. The molecule has 1 aliphatic heterocycles. The molecule has 2 aromatic heterocycles. The molecule has 0 aliphatic carbocycles. The van der Waals surface area contributed by atoms with Crippen LogP contribution in [0.5, 0.6) is 5.75 Å². The highest BCUT2D eigenvalue weighted by molar-refractivity contribution is 7.13. The molecule has 1 atom stereocenters. The average Bonchev–Trinajstić information content (AvgIpc) is 3.50. The molecule has 3 heterocycles. The highest BCUT2D eigenvalue weighted by atomic mass is 32.1. The van der Waals surface area contributed by atoms with E-state index < -0.39 is 0 Å². The molecule has 0 radical (unpaired) electrons. The number of piperidine rings is 1. The normalized spacial score (nSPS) is 15.2. The summed E-state index contributed by atoms with van der Waals surface area (Å²) in [6, 6.07) is 29.2. The number of pyridine rings is 1. The van der Waals surface area contributed by atoms with Gasteiger partial charge in [-0.15, -0.1) is 11.3 Å². The molecule has 0 spiro atoms. The molecule has 5 aromatic rings. The molecular weight excluding hydrogens is 552 g/mol. The minimum atomic E-state index is 0.168. The third-order valence-corrected chi connectivity index (χ3v) is 9.02. The maximum absolute atomic E-state index is 13.3. The zero-order chi connectivity index (χ0) is 29.4. The quantitative estimate of drug-likeness (QED) is 0.161. The lowest BCUT2D eigenvalue weighted by Gasteiger charge is -2.35. The Morgan fingerprint density at radius 3 is 2.77 bits per heavy atom. The molecule has 7 heteroatoms. The van der Waals surface area contributed by atoms with Crippen molar-refractivity contribution in [2.45, 2.75) is 51.2 Å². The zero-order valence-electron chi connectivity index (χ0n) is 24.7. The molecule has 1 unspecified atom stereocenters. The number of thiazole rings is 1. The van der Waals surface area contributed by atoms with Crippen molar-refractivity contribution in [1.29, 1.82) is 0 Å². The van der Waals surface area contributed by atoms with Crippen molar-refractivity contribution in [2.75, 3.05) is 20.2 Å². The average molecular weight is 591 g/mol. The van der Waals surface area contributed by atoms with Gasteiger partial charge in [0.2, 0.25) is 5.91 Å². The van der Waals surface area contributed by atoms with Gasteiger partial charge in [0.1, 0.15) is 10.8 Å². The monoisotopic (exact) mass is 590 g/mol. The third-order valence-electron chi connectivity index (χ3n) is 8.08. The van der Waals surface area contributed by atoms with Crippen LogP contribution in [0, 0.1) is 0 Å². The fraction of sp³-hybridized carbons (Fsp3) is 0.306. The molecule has 3 aromatic carbocycles. The number of fused-ring (bicyclic) bond motifs is 1. The molecule has 43 heavy (non-hydrogen) atoms. The summed E-state index contributed by atoms with van der Waals surface area (Å²) in [5.41, 5.74) is 5.45. The first-order chi connectivity index (χ1) is 21.1. The van der Waals surface area contributed by atoms with Crippen LogP contribution < -0.4 is 4.74 Å². The molecule has 0 N–H and O–H groups in total. The fourth-order valence-electron chi connectivity index (χ4n) is 5.99. The van der Waals surface area contributed by atoms with Crippen molar-refractivity contribution in [2.24, 2.45) is 0 Å². The van der Waals surface area contributed by atoms with Crippen LogP contribution in [0.4, 0.5) is 0 Å². The lowest BCUT2D eigenvalue weighted by molar-refractivity contribution is -0.134. The molecule has 6 rings (SSSR count). The summed E-state index contributed by atoms with van der Waals surface area (Å²) >= 11 is 1.60. The topological polar surface area (TPSA) is 58.6 Å². The van der Waals surface area contributed by atoms with Crippen LogP contribution in [0.1, 0.15) is 42.5 Å². The summed E-state index contributed by atoms with van der Waals surface area (Å²) in [6.45, 7) is 3.03. The van der Waals surface area contributed by atoms with Crippen LogP contribution in [0.3, 0.4) is 0 Å². The number of hydrogen-bond acceptors (Lipinski definition) is 6. The molecule has 6 nitrogen and oxygen atoms in total. The van der Waals surface area contributed by atoms with E-state index in [0.717, 1.165) is 72.8 Å². The van der Waals surface area contributed by atoms with Crippen molar-refractivity contribution in [3.8, 4) is 16.3 Å². The molecule has 1 fully saturated rings. The predicted molar refractivity (Wildman–Crippen MR) is 174 cm³/mol. The first kappa shape index (κ1) is 29.0. The SMILES string of the molecule is CN(Cc1cccc(OCCC2CCCCN2C(=O)Cc2csc(-c3ccccc3)n2)c1)Cc1cccc2cccnc12. The highest BCUT2D eigenvalue weighted by Gasteiger charge is 2.27. The molecule has 1 saturated heterocycles. The van der Waals surface area contributed by atoms with Crippen LogP contribution in [-0.4, -0.2) is 51.9 Å². The Bertz CT molecular complexity index is 1650. The van der Waals surface area contributed by atoms with Gasteiger partial charge in [0.05, 0.1) is 24.2 Å². The Morgan fingerprint density at radius 2 is 1.86 bits per heavy atom. The number of aromatic nitrogens is 2. The Morgan fingerprint density at radius 1 is 1.00 bits per heavy atom. The largest absolute Gasteiger partial charge is 0.494 e. The number of para-hydroxylation sites is 1.